The molecule has 0 aliphatic rings. The average Bonchev–Trinajstić information content (AvgIpc) is 2.60. The Morgan fingerprint density at radius 1 is 1.04 bits per heavy atom. The summed E-state index contributed by atoms with van der Waals surface area (Å²) in [4.78, 5) is 12.6. The van der Waals surface area contributed by atoms with E-state index in [4.69, 9.17) is 4.74 Å². The number of amides is 1. The Hall–Kier alpha value is -2.29. The van der Waals surface area contributed by atoms with Gasteiger partial charge in [-0.2, -0.15) is 0 Å². The fraction of sp³-hybridized carbons (Fsp3) is 0.381. The maximum absolute atomic E-state index is 12.6. The molecule has 2 aromatic rings. The van der Waals surface area contributed by atoms with Crippen LogP contribution in [-0.2, 0) is 11.2 Å². The molecule has 0 aliphatic heterocycles. The van der Waals surface area contributed by atoms with Crippen molar-refractivity contribution in [3.05, 3.63) is 60.2 Å². The van der Waals surface area contributed by atoms with E-state index in [1.807, 2.05) is 30.3 Å². The minimum absolute atomic E-state index is 0.0239. The van der Waals surface area contributed by atoms with Crippen LogP contribution in [0.3, 0.4) is 0 Å². The van der Waals surface area contributed by atoms with Crippen molar-refractivity contribution in [3.63, 3.8) is 0 Å². The predicted molar refractivity (Wildman–Crippen MR) is 99.3 cm³/mol. The number of nitrogens with one attached hydrogen (secondary N) is 1. The normalized spacial score (nSPS) is 12.0. The van der Waals surface area contributed by atoms with Gasteiger partial charge in [0.25, 0.3) is 0 Å². The van der Waals surface area contributed by atoms with E-state index in [2.05, 4.69) is 43.4 Å². The van der Waals surface area contributed by atoms with Gasteiger partial charge in [0.1, 0.15) is 5.75 Å². The summed E-state index contributed by atoms with van der Waals surface area (Å²) in [6.07, 6.45) is 2.93. The summed E-state index contributed by atoms with van der Waals surface area (Å²) in [6.45, 7) is 4.22. The molecule has 1 N–H and O–H groups in total. The lowest BCUT2D eigenvalue weighted by Gasteiger charge is -2.20. The minimum Gasteiger partial charge on any atom is -0.497 e. The van der Waals surface area contributed by atoms with E-state index in [-0.39, 0.29) is 11.8 Å². The first kappa shape index (κ1) is 18.1. The largest absolute Gasteiger partial charge is 0.497 e. The molecule has 128 valence electrons. The predicted octanol–water partition coefficient (Wildman–Crippen LogP) is 4.93. The lowest BCUT2D eigenvalue weighted by molar-refractivity contribution is -0.121. The zero-order chi connectivity index (χ0) is 17.4. The summed E-state index contributed by atoms with van der Waals surface area (Å²) < 4.78 is 5.14. The summed E-state index contributed by atoms with van der Waals surface area (Å²) in [6, 6.07) is 17.9. The van der Waals surface area contributed by atoms with Gasteiger partial charge in [-0.3, -0.25) is 4.79 Å². The van der Waals surface area contributed by atoms with E-state index >= 15 is 0 Å². The van der Waals surface area contributed by atoms with Gasteiger partial charge in [-0.05, 0) is 55.0 Å². The van der Waals surface area contributed by atoms with Crippen molar-refractivity contribution < 1.29 is 9.53 Å². The van der Waals surface area contributed by atoms with Gasteiger partial charge in [0.05, 0.1) is 7.11 Å². The number of hydrogen-bond acceptors (Lipinski definition) is 2. The number of methoxy groups -OCH3 is 1. The highest BCUT2D eigenvalue weighted by Crippen LogP contribution is 2.22. The quantitative estimate of drug-likeness (QED) is 0.747. The molecule has 3 nitrogen and oxygen atoms in total. The number of benzene rings is 2. The van der Waals surface area contributed by atoms with Gasteiger partial charge in [0.2, 0.25) is 5.91 Å². The molecule has 0 fully saturated rings. The molecule has 0 radical (unpaired) electrons. The Kier molecular flexibility index (Phi) is 6.86. The minimum atomic E-state index is 0.0239. The van der Waals surface area contributed by atoms with Crippen molar-refractivity contribution in [1.29, 1.82) is 0 Å². The molecule has 24 heavy (non-hydrogen) atoms. The van der Waals surface area contributed by atoms with Gasteiger partial charge in [-0.1, -0.05) is 44.2 Å². The Morgan fingerprint density at radius 3 is 2.29 bits per heavy atom. The maximum atomic E-state index is 12.6. The van der Waals surface area contributed by atoms with Crippen molar-refractivity contribution in [3.8, 4) is 5.75 Å². The smallest absolute Gasteiger partial charge is 0.227 e. The summed E-state index contributed by atoms with van der Waals surface area (Å²) in [7, 11) is 1.63. The van der Waals surface area contributed by atoms with Crippen molar-refractivity contribution in [1.82, 2.24) is 0 Å². The van der Waals surface area contributed by atoms with Gasteiger partial charge >= 0.3 is 0 Å². The second-order valence-corrected chi connectivity index (χ2v) is 6.45. The first-order valence-corrected chi connectivity index (χ1v) is 8.59. The van der Waals surface area contributed by atoms with Crippen LogP contribution in [0.15, 0.2) is 54.6 Å². The molecule has 3 heteroatoms. The molecule has 0 aromatic heterocycles. The average molecular weight is 325 g/mol. The van der Waals surface area contributed by atoms with Crippen molar-refractivity contribution in [2.45, 2.75) is 33.1 Å². The van der Waals surface area contributed by atoms with Crippen molar-refractivity contribution >= 4 is 11.6 Å². The third kappa shape index (κ3) is 5.41. The lowest BCUT2D eigenvalue weighted by atomic mass is 9.89. The van der Waals surface area contributed by atoms with E-state index in [0.717, 1.165) is 30.7 Å². The summed E-state index contributed by atoms with van der Waals surface area (Å²) in [5, 5.41) is 3.03. The van der Waals surface area contributed by atoms with Crippen LogP contribution in [0.5, 0.6) is 5.75 Å². The van der Waals surface area contributed by atoms with Crippen LogP contribution in [-0.4, -0.2) is 13.0 Å². The summed E-state index contributed by atoms with van der Waals surface area (Å²) >= 11 is 0. The highest BCUT2D eigenvalue weighted by atomic mass is 16.5. The standard InChI is InChI=1S/C21H27NO2/c1-16(2)20(11-7-10-17-8-5-4-6-9-17)21(23)22-18-12-14-19(24-3)15-13-18/h4-6,8-9,12-16,20H,7,10-11H2,1-3H3,(H,22,23). The number of ether oxygens (including phenoxy) is 1. The van der Waals surface area contributed by atoms with E-state index < -0.39 is 0 Å². The van der Waals surface area contributed by atoms with Crippen LogP contribution in [0.2, 0.25) is 0 Å². The number of carbonyl (C=O) groups is 1. The molecule has 2 rings (SSSR count). The van der Waals surface area contributed by atoms with Crippen LogP contribution < -0.4 is 10.1 Å². The van der Waals surface area contributed by atoms with Crippen LogP contribution in [0, 0.1) is 11.8 Å². The first-order chi connectivity index (χ1) is 11.6. The molecule has 0 saturated heterocycles. The Balaban J connectivity index is 1.89. The van der Waals surface area contributed by atoms with Crippen LogP contribution in [0.25, 0.3) is 0 Å². The van der Waals surface area contributed by atoms with Crippen LogP contribution in [0.4, 0.5) is 5.69 Å². The molecular formula is C21H27NO2. The van der Waals surface area contributed by atoms with E-state index in [1.54, 1.807) is 7.11 Å². The number of hydrogen-bond donors (Lipinski definition) is 1. The highest BCUT2D eigenvalue weighted by Gasteiger charge is 2.21. The number of anilines is 1. The van der Waals surface area contributed by atoms with E-state index in [9.17, 15) is 4.79 Å². The van der Waals surface area contributed by atoms with Crippen LogP contribution >= 0.6 is 0 Å². The van der Waals surface area contributed by atoms with Gasteiger partial charge in [-0.15, -0.1) is 0 Å². The van der Waals surface area contributed by atoms with Crippen LogP contribution in [0.1, 0.15) is 32.3 Å². The van der Waals surface area contributed by atoms with Gasteiger partial charge in [0, 0.05) is 11.6 Å². The zero-order valence-corrected chi connectivity index (χ0v) is 14.8. The molecule has 0 aliphatic carbocycles. The number of aryl methyl sites for hydroxylation is 1. The summed E-state index contributed by atoms with van der Waals surface area (Å²) in [5.74, 6) is 1.23. The second-order valence-electron chi connectivity index (χ2n) is 6.45. The van der Waals surface area contributed by atoms with E-state index in [1.165, 1.54) is 5.56 Å². The maximum Gasteiger partial charge on any atom is 0.227 e. The highest BCUT2D eigenvalue weighted by molar-refractivity contribution is 5.92. The summed E-state index contributed by atoms with van der Waals surface area (Å²) in [5.41, 5.74) is 2.14. The third-order valence-corrected chi connectivity index (χ3v) is 4.32. The molecule has 1 unspecified atom stereocenters. The van der Waals surface area contributed by atoms with E-state index in [0.29, 0.717) is 5.92 Å². The lowest BCUT2D eigenvalue weighted by Crippen LogP contribution is -2.27. The Labute approximate surface area is 145 Å². The fourth-order valence-electron chi connectivity index (χ4n) is 2.85. The second kappa shape index (κ2) is 9.11. The number of carbonyl (C=O) groups excluding carboxylic acids is 1. The van der Waals surface area contributed by atoms with Gasteiger partial charge in [-0.25, -0.2) is 0 Å². The topological polar surface area (TPSA) is 38.3 Å². The first-order valence-electron chi connectivity index (χ1n) is 8.59. The molecule has 1 amide bonds. The fourth-order valence-corrected chi connectivity index (χ4v) is 2.85. The molecule has 0 saturated carbocycles. The monoisotopic (exact) mass is 325 g/mol. The molecule has 1 atom stereocenters. The molecular weight excluding hydrogens is 298 g/mol. The van der Waals surface area contributed by atoms with Crippen molar-refractivity contribution in [2.24, 2.45) is 11.8 Å². The zero-order valence-electron chi connectivity index (χ0n) is 14.8. The van der Waals surface area contributed by atoms with Gasteiger partial charge < -0.3 is 10.1 Å². The Bertz CT molecular complexity index is 620. The SMILES string of the molecule is COc1ccc(NC(=O)C(CCCc2ccccc2)C(C)C)cc1. The molecule has 2 aromatic carbocycles. The van der Waals surface area contributed by atoms with Crippen molar-refractivity contribution in [2.75, 3.05) is 12.4 Å². The third-order valence-electron chi connectivity index (χ3n) is 4.32. The van der Waals surface area contributed by atoms with Gasteiger partial charge in [0.15, 0.2) is 0 Å². The number of rotatable bonds is 8. The Morgan fingerprint density at radius 2 is 1.71 bits per heavy atom. The molecule has 0 heterocycles. The molecule has 0 bridgehead atoms. The molecule has 0 spiro atoms.